The second kappa shape index (κ2) is 6.23. The van der Waals surface area contributed by atoms with Gasteiger partial charge in [-0.25, -0.2) is 9.97 Å². The van der Waals surface area contributed by atoms with Crippen LogP contribution >= 0.6 is 0 Å². The quantitative estimate of drug-likeness (QED) is 0.814. The molecule has 2 aromatic heterocycles. The third kappa shape index (κ3) is 3.06. The van der Waals surface area contributed by atoms with Crippen LogP contribution in [0, 0.1) is 6.92 Å². The summed E-state index contributed by atoms with van der Waals surface area (Å²) in [6.07, 6.45) is 2.49. The van der Waals surface area contributed by atoms with Crippen LogP contribution in [-0.2, 0) is 17.3 Å². The van der Waals surface area contributed by atoms with Gasteiger partial charge in [-0.2, -0.15) is 22.1 Å². The van der Waals surface area contributed by atoms with E-state index in [0.29, 0.717) is 18.9 Å². The van der Waals surface area contributed by atoms with Crippen molar-refractivity contribution in [3.05, 3.63) is 29.8 Å². The Kier molecular flexibility index (Phi) is 4.41. The fraction of sp³-hybridized carbons (Fsp3) is 0.533. The number of nitrogens with zero attached hydrogens (tertiary/aromatic N) is 6. The third-order valence-electron chi connectivity index (χ3n) is 4.30. The number of hydrogen-bond donors (Lipinski definition) is 0. The van der Waals surface area contributed by atoms with Crippen LogP contribution in [0.4, 0.5) is 0 Å². The predicted octanol–water partition coefficient (Wildman–Crippen LogP) is 0.781. The van der Waals surface area contributed by atoms with E-state index in [1.807, 2.05) is 26.1 Å². The maximum absolute atomic E-state index is 12.3. The lowest BCUT2D eigenvalue weighted by molar-refractivity contribution is 0.418. The smallest absolute Gasteiger partial charge is 0.266 e. The molecule has 2 aromatic rings. The Morgan fingerprint density at radius 3 is 2.67 bits per heavy atom. The number of hydrogen-bond acceptors (Lipinski definition) is 5. The maximum atomic E-state index is 12.3. The van der Waals surface area contributed by atoms with Crippen molar-refractivity contribution in [1.29, 1.82) is 0 Å². The Balaban J connectivity index is 1.89. The molecule has 1 saturated heterocycles. The van der Waals surface area contributed by atoms with Crippen molar-refractivity contribution in [3.63, 3.8) is 0 Å². The highest BCUT2D eigenvalue weighted by atomic mass is 32.2. The van der Waals surface area contributed by atoms with Gasteiger partial charge in [0.2, 0.25) is 0 Å². The fourth-order valence-corrected chi connectivity index (χ4v) is 4.13. The van der Waals surface area contributed by atoms with E-state index in [-0.39, 0.29) is 5.92 Å². The molecule has 0 bridgehead atoms. The van der Waals surface area contributed by atoms with Crippen molar-refractivity contribution >= 4 is 10.2 Å². The van der Waals surface area contributed by atoms with Gasteiger partial charge in [-0.1, -0.05) is 0 Å². The lowest BCUT2D eigenvalue weighted by Crippen LogP contribution is -2.38. The van der Waals surface area contributed by atoms with E-state index >= 15 is 0 Å². The minimum absolute atomic E-state index is 0.0772. The van der Waals surface area contributed by atoms with Crippen molar-refractivity contribution in [3.8, 4) is 11.4 Å². The fourth-order valence-electron chi connectivity index (χ4n) is 2.97. The van der Waals surface area contributed by atoms with Crippen LogP contribution < -0.4 is 0 Å². The average molecular weight is 350 g/mol. The number of aromatic nitrogens is 4. The molecule has 8 nitrogen and oxygen atoms in total. The Morgan fingerprint density at radius 1 is 1.29 bits per heavy atom. The largest absolute Gasteiger partial charge is 0.281 e. The number of aryl methyl sites for hydroxylation is 2. The minimum atomic E-state index is -3.38. The summed E-state index contributed by atoms with van der Waals surface area (Å²) < 4.78 is 29.1. The third-order valence-corrected chi connectivity index (χ3v) is 6.21. The van der Waals surface area contributed by atoms with E-state index in [2.05, 4.69) is 15.1 Å². The van der Waals surface area contributed by atoms with Gasteiger partial charge in [0.1, 0.15) is 5.82 Å². The summed E-state index contributed by atoms with van der Waals surface area (Å²) in [6.45, 7) is 2.81. The summed E-state index contributed by atoms with van der Waals surface area (Å²) in [4.78, 5) is 9.03. The topological polar surface area (TPSA) is 84.2 Å². The molecule has 0 saturated carbocycles. The normalized spacial score (nSPS) is 19.3. The second-order valence-corrected chi connectivity index (χ2v) is 8.34. The summed E-state index contributed by atoms with van der Waals surface area (Å²) in [5.41, 5.74) is 2.61. The van der Waals surface area contributed by atoms with Gasteiger partial charge in [0.25, 0.3) is 10.2 Å². The van der Waals surface area contributed by atoms with Crippen LogP contribution in [-0.4, -0.2) is 64.0 Å². The van der Waals surface area contributed by atoms with Crippen LogP contribution in [0.5, 0.6) is 0 Å². The first kappa shape index (κ1) is 17.0. The molecule has 9 heteroatoms. The van der Waals surface area contributed by atoms with Gasteiger partial charge >= 0.3 is 0 Å². The summed E-state index contributed by atoms with van der Waals surface area (Å²) >= 11 is 0. The van der Waals surface area contributed by atoms with E-state index in [1.165, 1.54) is 8.61 Å². The molecule has 0 amide bonds. The van der Waals surface area contributed by atoms with Crippen molar-refractivity contribution < 1.29 is 8.42 Å². The first-order chi connectivity index (χ1) is 11.3. The summed E-state index contributed by atoms with van der Waals surface area (Å²) in [5, 5.41) is 4.18. The highest BCUT2D eigenvalue weighted by Crippen LogP contribution is 2.30. The molecular weight excluding hydrogens is 328 g/mol. The standard InChI is InChI=1S/C15H22N6O2S/c1-11-17-13(9-14(18-11)15-5-7-16-20(15)4)12-6-8-21(10-12)24(22,23)19(2)3/h5,7,9,12H,6,8,10H2,1-4H3. The van der Waals surface area contributed by atoms with Crippen molar-refractivity contribution in [2.75, 3.05) is 27.2 Å². The highest BCUT2D eigenvalue weighted by Gasteiger charge is 2.34. The van der Waals surface area contributed by atoms with Crippen LogP contribution in [0.3, 0.4) is 0 Å². The predicted molar refractivity (Wildman–Crippen MR) is 90.5 cm³/mol. The van der Waals surface area contributed by atoms with Crippen molar-refractivity contribution in [2.45, 2.75) is 19.3 Å². The maximum Gasteiger partial charge on any atom is 0.281 e. The molecular formula is C15H22N6O2S. The average Bonchev–Trinajstić information content (AvgIpc) is 3.15. The van der Waals surface area contributed by atoms with E-state index < -0.39 is 10.2 Å². The summed E-state index contributed by atoms with van der Waals surface area (Å²) in [7, 11) is 1.60. The molecule has 0 aromatic carbocycles. The molecule has 0 aliphatic carbocycles. The molecule has 1 aliphatic rings. The Morgan fingerprint density at radius 2 is 2.04 bits per heavy atom. The zero-order valence-electron chi connectivity index (χ0n) is 14.3. The molecule has 0 radical (unpaired) electrons. The van der Waals surface area contributed by atoms with Gasteiger partial charge in [0, 0.05) is 52.0 Å². The molecule has 130 valence electrons. The van der Waals surface area contributed by atoms with Gasteiger partial charge in [-0.15, -0.1) is 0 Å². The zero-order valence-corrected chi connectivity index (χ0v) is 15.2. The van der Waals surface area contributed by atoms with Gasteiger partial charge in [-0.05, 0) is 25.5 Å². The van der Waals surface area contributed by atoms with Crippen LogP contribution in [0.15, 0.2) is 18.3 Å². The van der Waals surface area contributed by atoms with Gasteiger partial charge < -0.3 is 0 Å². The van der Waals surface area contributed by atoms with E-state index in [1.54, 1.807) is 25.0 Å². The first-order valence-corrected chi connectivity index (χ1v) is 9.20. The summed E-state index contributed by atoms with van der Waals surface area (Å²) in [6, 6.07) is 3.85. The molecule has 1 aliphatic heterocycles. The van der Waals surface area contributed by atoms with Crippen molar-refractivity contribution in [1.82, 2.24) is 28.4 Å². The van der Waals surface area contributed by atoms with E-state index in [0.717, 1.165) is 23.5 Å². The van der Waals surface area contributed by atoms with Crippen LogP contribution in [0.25, 0.3) is 11.4 Å². The molecule has 1 fully saturated rings. The van der Waals surface area contributed by atoms with Crippen LogP contribution in [0.2, 0.25) is 0 Å². The van der Waals surface area contributed by atoms with E-state index in [9.17, 15) is 8.42 Å². The first-order valence-electron chi connectivity index (χ1n) is 7.80. The SMILES string of the molecule is Cc1nc(-c2ccnn2C)cc(C2CCN(S(=O)(=O)N(C)C)C2)n1. The van der Waals surface area contributed by atoms with E-state index in [4.69, 9.17) is 0 Å². The monoisotopic (exact) mass is 350 g/mol. The molecule has 24 heavy (non-hydrogen) atoms. The summed E-state index contributed by atoms with van der Waals surface area (Å²) in [5.74, 6) is 0.756. The molecule has 1 unspecified atom stereocenters. The Labute approximate surface area is 142 Å². The van der Waals surface area contributed by atoms with Crippen LogP contribution in [0.1, 0.15) is 23.9 Å². The molecule has 0 N–H and O–H groups in total. The highest BCUT2D eigenvalue weighted by molar-refractivity contribution is 7.86. The number of rotatable bonds is 4. The van der Waals surface area contributed by atoms with Crippen molar-refractivity contribution in [2.24, 2.45) is 7.05 Å². The zero-order chi connectivity index (χ0) is 17.5. The van der Waals surface area contributed by atoms with Gasteiger partial charge in [0.15, 0.2) is 0 Å². The minimum Gasteiger partial charge on any atom is -0.266 e. The van der Waals surface area contributed by atoms with Gasteiger partial charge in [-0.3, -0.25) is 4.68 Å². The molecule has 1 atom stereocenters. The Hall–Kier alpha value is -1.84. The molecule has 3 heterocycles. The Bertz CT molecular complexity index is 845. The van der Waals surface area contributed by atoms with Gasteiger partial charge in [0.05, 0.1) is 11.4 Å². The molecule has 0 spiro atoms. The lowest BCUT2D eigenvalue weighted by atomic mass is 10.0. The molecule has 3 rings (SSSR count). The second-order valence-electron chi connectivity index (χ2n) is 6.20. The lowest BCUT2D eigenvalue weighted by Gasteiger charge is -2.20.